The van der Waals surface area contributed by atoms with Crippen molar-refractivity contribution in [3.63, 3.8) is 0 Å². The Labute approximate surface area is 143 Å². The summed E-state index contributed by atoms with van der Waals surface area (Å²) in [5.41, 5.74) is 0.533. The number of amides is 1. The smallest absolute Gasteiger partial charge is 0.224 e. The number of carbonyl (C=O) groups is 1. The first-order valence-electron chi connectivity index (χ1n) is 8.03. The van der Waals surface area contributed by atoms with Gasteiger partial charge in [-0.2, -0.15) is 0 Å². The standard InChI is InChI=1S/C17H25FN2O2.ClH/c1-3-22-16-11-14(18)4-5-15(16)20-17(21)10-12(2)13-6-8-19-9-7-13;/h4-5,11-13,19H,3,6-10H2,1-2H3,(H,20,21);1H. The van der Waals surface area contributed by atoms with Crippen molar-refractivity contribution in [2.45, 2.75) is 33.1 Å². The maximum absolute atomic E-state index is 13.3. The minimum atomic E-state index is -0.371. The van der Waals surface area contributed by atoms with E-state index in [9.17, 15) is 9.18 Å². The Morgan fingerprint density at radius 2 is 2.13 bits per heavy atom. The zero-order chi connectivity index (χ0) is 15.9. The van der Waals surface area contributed by atoms with E-state index in [2.05, 4.69) is 17.6 Å². The highest BCUT2D eigenvalue weighted by atomic mass is 35.5. The van der Waals surface area contributed by atoms with Gasteiger partial charge >= 0.3 is 0 Å². The van der Waals surface area contributed by atoms with E-state index in [0.29, 0.717) is 36.3 Å². The number of piperidine rings is 1. The fourth-order valence-electron chi connectivity index (χ4n) is 2.95. The van der Waals surface area contributed by atoms with Crippen molar-refractivity contribution >= 4 is 24.0 Å². The summed E-state index contributed by atoms with van der Waals surface area (Å²) >= 11 is 0. The summed E-state index contributed by atoms with van der Waals surface area (Å²) in [6, 6.07) is 4.18. The molecule has 0 aromatic heterocycles. The van der Waals surface area contributed by atoms with Crippen LogP contribution in [0, 0.1) is 17.7 Å². The lowest BCUT2D eigenvalue weighted by molar-refractivity contribution is -0.117. The van der Waals surface area contributed by atoms with Gasteiger partial charge in [0.2, 0.25) is 5.91 Å². The molecular formula is C17H26ClFN2O2. The Bertz CT molecular complexity index is 507. The number of rotatable bonds is 6. The molecule has 1 aliphatic heterocycles. The maximum atomic E-state index is 13.3. The molecule has 1 aliphatic rings. The minimum Gasteiger partial charge on any atom is -0.492 e. The molecule has 1 heterocycles. The summed E-state index contributed by atoms with van der Waals surface area (Å²) < 4.78 is 18.6. The number of nitrogens with one attached hydrogen (secondary N) is 2. The molecule has 0 spiro atoms. The molecule has 1 amide bonds. The van der Waals surface area contributed by atoms with Crippen molar-refractivity contribution in [3.05, 3.63) is 24.0 Å². The predicted octanol–water partition coefficient (Wildman–Crippen LogP) is 3.61. The number of hydrogen-bond donors (Lipinski definition) is 2. The molecule has 0 aliphatic carbocycles. The first kappa shape index (κ1) is 19.7. The maximum Gasteiger partial charge on any atom is 0.224 e. The fourth-order valence-corrected chi connectivity index (χ4v) is 2.95. The first-order valence-corrected chi connectivity index (χ1v) is 8.03. The molecule has 130 valence electrons. The zero-order valence-corrected chi connectivity index (χ0v) is 14.5. The van der Waals surface area contributed by atoms with Crippen LogP contribution in [0.15, 0.2) is 18.2 Å². The molecule has 23 heavy (non-hydrogen) atoms. The van der Waals surface area contributed by atoms with Crippen molar-refractivity contribution < 1.29 is 13.9 Å². The molecule has 1 atom stereocenters. The van der Waals surface area contributed by atoms with Crippen LogP contribution < -0.4 is 15.4 Å². The average Bonchev–Trinajstić information content (AvgIpc) is 2.51. The second-order valence-corrected chi connectivity index (χ2v) is 5.89. The molecule has 0 radical (unpaired) electrons. The largest absolute Gasteiger partial charge is 0.492 e. The molecule has 0 saturated carbocycles. The number of ether oxygens (including phenoxy) is 1. The van der Waals surface area contributed by atoms with E-state index in [0.717, 1.165) is 25.9 Å². The van der Waals surface area contributed by atoms with Gasteiger partial charge in [-0.25, -0.2) is 4.39 Å². The molecule has 2 rings (SSSR count). The summed E-state index contributed by atoms with van der Waals surface area (Å²) in [6.07, 6.45) is 2.72. The highest BCUT2D eigenvalue weighted by molar-refractivity contribution is 5.92. The molecule has 4 nitrogen and oxygen atoms in total. The van der Waals surface area contributed by atoms with E-state index in [1.54, 1.807) is 6.07 Å². The molecule has 1 fully saturated rings. The summed E-state index contributed by atoms with van der Waals surface area (Å²) in [4.78, 5) is 12.2. The zero-order valence-electron chi connectivity index (χ0n) is 13.7. The highest BCUT2D eigenvalue weighted by Crippen LogP contribution is 2.28. The van der Waals surface area contributed by atoms with Crippen LogP contribution in [-0.4, -0.2) is 25.6 Å². The SMILES string of the molecule is CCOc1cc(F)ccc1NC(=O)CC(C)C1CCNCC1.Cl. The number of carbonyl (C=O) groups excluding carboxylic acids is 1. The summed E-state index contributed by atoms with van der Waals surface area (Å²) in [7, 11) is 0. The van der Waals surface area contributed by atoms with Crippen LogP contribution in [0.1, 0.15) is 33.1 Å². The quantitative estimate of drug-likeness (QED) is 0.828. The van der Waals surface area contributed by atoms with Gasteiger partial charge in [0, 0.05) is 12.5 Å². The lowest BCUT2D eigenvalue weighted by atomic mass is 9.84. The van der Waals surface area contributed by atoms with E-state index in [-0.39, 0.29) is 24.1 Å². The van der Waals surface area contributed by atoms with E-state index in [4.69, 9.17) is 4.74 Å². The highest BCUT2D eigenvalue weighted by Gasteiger charge is 2.22. The van der Waals surface area contributed by atoms with Gasteiger partial charge in [0.1, 0.15) is 11.6 Å². The van der Waals surface area contributed by atoms with Gasteiger partial charge in [0.15, 0.2) is 0 Å². The van der Waals surface area contributed by atoms with Gasteiger partial charge in [0.05, 0.1) is 12.3 Å². The van der Waals surface area contributed by atoms with Gasteiger partial charge in [-0.05, 0) is 56.8 Å². The van der Waals surface area contributed by atoms with Gasteiger partial charge < -0.3 is 15.4 Å². The molecule has 1 aromatic rings. The number of halogens is 2. The van der Waals surface area contributed by atoms with Crippen LogP contribution in [0.5, 0.6) is 5.75 Å². The van der Waals surface area contributed by atoms with Crippen molar-refractivity contribution in [2.75, 3.05) is 25.0 Å². The molecule has 1 unspecified atom stereocenters. The third kappa shape index (κ3) is 5.99. The third-order valence-corrected chi connectivity index (χ3v) is 4.21. The third-order valence-electron chi connectivity index (χ3n) is 4.21. The molecule has 1 saturated heterocycles. The number of benzene rings is 1. The molecule has 6 heteroatoms. The van der Waals surface area contributed by atoms with Gasteiger partial charge in [-0.1, -0.05) is 6.92 Å². The molecule has 0 bridgehead atoms. The van der Waals surface area contributed by atoms with Crippen LogP contribution >= 0.6 is 12.4 Å². The van der Waals surface area contributed by atoms with Crippen LogP contribution in [0.3, 0.4) is 0 Å². The Morgan fingerprint density at radius 1 is 1.43 bits per heavy atom. The van der Waals surface area contributed by atoms with Crippen LogP contribution in [0.25, 0.3) is 0 Å². The molecule has 1 aromatic carbocycles. The van der Waals surface area contributed by atoms with Crippen LogP contribution in [0.2, 0.25) is 0 Å². The van der Waals surface area contributed by atoms with Crippen molar-refractivity contribution in [3.8, 4) is 5.75 Å². The number of hydrogen-bond acceptors (Lipinski definition) is 3. The van der Waals surface area contributed by atoms with Crippen molar-refractivity contribution in [2.24, 2.45) is 11.8 Å². The fraction of sp³-hybridized carbons (Fsp3) is 0.588. The van der Waals surface area contributed by atoms with Gasteiger partial charge in [0.25, 0.3) is 0 Å². The molecule has 2 N–H and O–H groups in total. The second kappa shape index (κ2) is 9.73. The van der Waals surface area contributed by atoms with Crippen LogP contribution in [-0.2, 0) is 4.79 Å². The van der Waals surface area contributed by atoms with Crippen molar-refractivity contribution in [1.82, 2.24) is 5.32 Å². The summed E-state index contributed by atoms with van der Waals surface area (Å²) in [5, 5.41) is 6.18. The topological polar surface area (TPSA) is 50.4 Å². The Kier molecular flexibility index (Phi) is 8.34. The Balaban J connectivity index is 0.00000264. The Hall–Kier alpha value is -1.33. The van der Waals surface area contributed by atoms with Crippen LogP contribution in [0.4, 0.5) is 10.1 Å². The van der Waals surface area contributed by atoms with E-state index in [1.807, 2.05) is 6.92 Å². The van der Waals surface area contributed by atoms with E-state index < -0.39 is 0 Å². The lowest BCUT2D eigenvalue weighted by Gasteiger charge is -2.28. The second-order valence-electron chi connectivity index (χ2n) is 5.89. The average molecular weight is 345 g/mol. The monoisotopic (exact) mass is 344 g/mol. The van der Waals surface area contributed by atoms with E-state index >= 15 is 0 Å². The van der Waals surface area contributed by atoms with Crippen molar-refractivity contribution in [1.29, 1.82) is 0 Å². The summed E-state index contributed by atoms with van der Waals surface area (Å²) in [6.45, 7) is 6.45. The summed E-state index contributed by atoms with van der Waals surface area (Å²) in [5.74, 6) is 0.901. The number of anilines is 1. The lowest BCUT2D eigenvalue weighted by Crippen LogP contribution is -2.32. The minimum absolute atomic E-state index is 0. The Morgan fingerprint density at radius 3 is 2.78 bits per heavy atom. The first-order chi connectivity index (χ1) is 10.6. The van der Waals surface area contributed by atoms with Gasteiger partial charge in [-0.3, -0.25) is 4.79 Å². The predicted molar refractivity (Wildman–Crippen MR) is 92.8 cm³/mol. The normalized spacial score (nSPS) is 16.3. The molecular weight excluding hydrogens is 319 g/mol. The van der Waals surface area contributed by atoms with Gasteiger partial charge in [-0.15, -0.1) is 12.4 Å². The van der Waals surface area contributed by atoms with E-state index in [1.165, 1.54) is 12.1 Å².